The summed E-state index contributed by atoms with van der Waals surface area (Å²) in [6.07, 6.45) is 1.65. The number of ether oxygens (including phenoxy) is 2. The quantitative estimate of drug-likeness (QED) is 0.622. The Morgan fingerprint density at radius 2 is 1.52 bits per heavy atom. The molecule has 0 aromatic carbocycles. The molecule has 0 bridgehead atoms. The van der Waals surface area contributed by atoms with Gasteiger partial charge in [0.15, 0.2) is 5.44 Å². The summed E-state index contributed by atoms with van der Waals surface area (Å²) in [6, 6.07) is 0. The molecule has 0 saturated carbocycles. The summed E-state index contributed by atoms with van der Waals surface area (Å²) in [5.41, 5.74) is 4.50. The normalized spacial score (nSPS) is 16.2. The number of fused-ring (bicyclic) bond motifs is 1. The molecule has 0 N–H and O–H groups in total. The van der Waals surface area contributed by atoms with Crippen LogP contribution in [-0.4, -0.2) is 45.6 Å². The van der Waals surface area contributed by atoms with Crippen LogP contribution in [0.5, 0.6) is 0 Å². The zero-order valence-electron chi connectivity index (χ0n) is 16.2. The second-order valence-electron chi connectivity index (χ2n) is 6.66. The van der Waals surface area contributed by atoms with E-state index in [4.69, 9.17) is 18.5 Å². The lowest BCUT2D eigenvalue weighted by molar-refractivity contribution is 0.0167. The van der Waals surface area contributed by atoms with Crippen LogP contribution in [-0.2, 0) is 35.9 Å². The van der Waals surface area contributed by atoms with E-state index in [-0.39, 0.29) is 5.41 Å². The molecule has 0 saturated heterocycles. The Hall–Kier alpha value is -0.780. The molecule has 0 atom stereocenters. The van der Waals surface area contributed by atoms with Gasteiger partial charge in [0.1, 0.15) is 0 Å². The average Bonchev–Trinajstić information content (AvgIpc) is 2.92. The monoisotopic (exact) mass is 371 g/mol. The zero-order chi connectivity index (χ0) is 18.7. The van der Waals surface area contributed by atoms with Crippen LogP contribution >= 0.6 is 7.60 Å². The van der Waals surface area contributed by atoms with E-state index in [1.54, 1.807) is 14.2 Å². The van der Waals surface area contributed by atoms with Gasteiger partial charge >= 0.3 is 7.60 Å². The van der Waals surface area contributed by atoms with E-state index in [0.717, 1.165) is 24.1 Å². The van der Waals surface area contributed by atoms with Gasteiger partial charge in [-0.05, 0) is 57.2 Å². The van der Waals surface area contributed by atoms with Crippen LogP contribution in [0.1, 0.15) is 36.2 Å². The Morgan fingerprint density at radius 1 is 1.00 bits per heavy atom. The van der Waals surface area contributed by atoms with Crippen LogP contribution in [0.25, 0.3) is 0 Å². The van der Waals surface area contributed by atoms with Gasteiger partial charge in [0, 0.05) is 25.3 Å². The standard InChI is InChI=1S/C18H30NO5P/c1-7-23-25(20,24-8-2)17-13(3)15-9-18(11-21-5,12-22-6)10-16(15)14(4)19-17/h7-12H2,1-6H3. The molecule has 0 fully saturated rings. The lowest BCUT2D eigenvalue weighted by atomic mass is 9.86. The molecule has 0 amide bonds. The first-order chi connectivity index (χ1) is 11.9. The van der Waals surface area contributed by atoms with Crippen molar-refractivity contribution in [2.75, 3.05) is 40.6 Å². The number of rotatable bonds is 9. The van der Waals surface area contributed by atoms with Gasteiger partial charge in [0.2, 0.25) is 0 Å². The van der Waals surface area contributed by atoms with Crippen molar-refractivity contribution in [3.63, 3.8) is 0 Å². The molecule has 1 aliphatic rings. The molecule has 0 radical (unpaired) electrons. The summed E-state index contributed by atoms with van der Waals surface area (Å²) in [5, 5.41) is 0. The van der Waals surface area contributed by atoms with Crippen molar-refractivity contribution < 1.29 is 23.1 Å². The fraction of sp³-hybridized carbons (Fsp3) is 0.722. The molecule has 142 valence electrons. The second kappa shape index (κ2) is 8.28. The van der Waals surface area contributed by atoms with Crippen molar-refractivity contribution in [2.24, 2.45) is 5.41 Å². The van der Waals surface area contributed by atoms with Crippen molar-refractivity contribution in [1.82, 2.24) is 4.98 Å². The van der Waals surface area contributed by atoms with Gasteiger partial charge < -0.3 is 18.5 Å². The van der Waals surface area contributed by atoms with Gasteiger partial charge in [-0.15, -0.1) is 0 Å². The number of methoxy groups -OCH3 is 2. The van der Waals surface area contributed by atoms with Crippen molar-refractivity contribution in [3.8, 4) is 0 Å². The minimum absolute atomic E-state index is 0.108. The predicted molar refractivity (Wildman–Crippen MR) is 97.8 cm³/mol. The fourth-order valence-electron chi connectivity index (χ4n) is 3.80. The largest absolute Gasteiger partial charge is 0.384 e. The highest BCUT2D eigenvalue weighted by atomic mass is 31.2. The second-order valence-corrected chi connectivity index (χ2v) is 8.59. The summed E-state index contributed by atoms with van der Waals surface area (Å²) >= 11 is 0. The van der Waals surface area contributed by atoms with Crippen LogP contribution in [0, 0.1) is 19.3 Å². The number of nitrogens with zero attached hydrogens (tertiary/aromatic N) is 1. The predicted octanol–water partition coefficient (Wildman–Crippen LogP) is 2.97. The lowest BCUT2D eigenvalue weighted by Gasteiger charge is -2.27. The van der Waals surface area contributed by atoms with Crippen LogP contribution in [0.2, 0.25) is 0 Å². The van der Waals surface area contributed by atoms with E-state index in [2.05, 4.69) is 4.98 Å². The highest BCUT2D eigenvalue weighted by Crippen LogP contribution is 2.49. The molecule has 25 heavy (non-hydrogen) atoms. The smallest absolute Gasteiger partial charge is 0.379 e. The lowest BCUT2D eigenvalue weighted by Crippen LogP contribution is -2.32. The molecular weight excluding hydrogens is 341 g/mol. The average molecular weight is 371 g/mol. The fourth-order valence-corrected chi connectivity index (χ4v) is 5.62. The van der Waals surface area contributed by atoms with Gasteiger partial charge in [0.05, 0.1) is 26.4 Å². The first kappa shape index (κ1) is 20.5. The van der Waals surface area contributed by atoms with Crippen molar-refractivity contribution in [3.05, 3.63) is 22.4 Å². The van der Waals surface area contributed by atoms with E-state index in [1.165, 1.54) is 11.1 Å². The summed E-state index contributed by atoms with van der Waals surface area (Å²) in [4.78, 5) is 4.64. The van der Waals surface area contributed by atoms with E-state index >= 15 is 0 Å². The third-order valence-electron chi connectivity index (χ3n) is 4.72. The summed E-state index contributed by atoms with van der Waals surface area (Å²) < 4.78 is 35.2. The van der Waals surface area contributed by atoms with E-state index in [1.807, 2.05) is 27.7 Å². The highest BCUT2D eigenvalue weighted by Gasteiger charge is 2.42. The molecule has 1 aromatic rings. The molecule has 2 rings (SSSR count). The Kier molecular flexibility index (Phi) is 6.80. The van der Waals surface area contributed by atoms with Gasteiger partial charge in [0.25, 0.3) is 0 Å². The van der Waals surface area contributed by atoms with Gasteiger partial charge in [-0.25, -0.2) is 4.98 Å². The number of aromatic nitrogens is 1. The summed E-state index contributed by atoms with van der Waals surface area (Å²) in [5.74, 6) is 0. The van der Waals surface area contributed by atoms with Crippen molar-refractivity contribution >= 4 is 13.0 Å². The minimum Gasteiger partial charge on any atom is -0.384 e. The first-order valence-corrected chi connectivity index (χ1v) is 10.3. The molecule has 1 heterocycles. The van der Waals surface area contributed by atoms with Crippen LogP contribution in [0.4, 0.5) is 0 Å². The molecule has 1 aromatic heterocycles. The van der Waals surface area contributed by atoms with Crippen molar-refractivity contribution in [2.45, 2.75) is 40.5 Å². The highest BCUT2D eigenvalue weighted by molar-refractivity contribution is 7.62. The van der Waals surface area contributed by atoms with Crippen LogP contribution in [0.3, 0.4) is 0 Å². The topological polar surface area (TPSA) is 66.9 Å². The molecule has 0 unspecified atom stereocenters. The molecule has 1 aliphatic carbocycles. The summed E-state index contributed by atoms with van der Waals surface area (Å²) in [6.45, 7) is 9.38. The molecule has 0 spiro atoms. The maximum atomic E-state index is 13.2. The van der Waals surface area contributed by atoms with Crippen molar-refractivity contribution in [1.29, 1.82) is 0 Å². The Balaban J connectivity index is 2.52. The number of hydrogen-bond donors (Lipinski definition) is 0. The number of hydrogen-bond acceptors (Lipinski definition) is 6. The number of aryl methyl sites for hydroxylation is 1. The van der Waals surface area contributed by atoms with E-state index in [0.29, 0.717) is 31.9 Å². The van der Waals surface area contributed by atoms with Gasteiger partial charge in [-0.2, -0.15) is 0 Å². The third-order valence-corrected chi connectivity index (χ3v) is 6.88. The molecular formula is C18H30NO5P. The van der Waals surface area contributed by atoms with Gasteiger partial charge in [-0.3, -0.25) is 4.57 Å². The van der Waals surface area contributed by atoms with E-state index in [9.17, 15) is 4.57 Å². The molecule has 7 heteroatoms. The maximum absolute atomic E-state index is 13.2. The molecule has 6 nitrogen and oxygen atoms in total. The first-order valence-electron chi connectivity index (χ1n) is 8.73. The van der Waals surface area contributed by atoms with Gasteiger partial charge in [-0.1, -0.05) is 0 Å². The molecule has 0 aliphatic heterocycles. The van der Waals surface area contributed by atoms with Crippen LogP contribution in [0.15, 0.2) is 0 Å². The zero-order valence-corrected chi connectivity index (χ0v) is 17.1. The Labute approximate surface area is 150 Å². The Bertz CT molecular complexity index is 645. The SMILES string of the molecule is CCOP(=O)(OCC)c1nc(C)c2c(c1C)CC(COC)(COC)C2. The van der Waals surface area contributed by atoms with E-state index < -0.39 is 7.60 Å². The Morgan fingerprint density at radius 3 is 2.00 bits per heavy atom. The number of pyridine rings is 1. The minimum atomic E-state index is -3.41. The van der Waals surface area contributed by atoms with Crippen LogP contribution < -0.4 is 5.44 Å². The third kappa shape index (κ3) is 3.99. The summed E-state index contributed by atoms with van der Waals surface area (Å²) in [7, 11) is 0.00631. The maximum Gasteiger partial charge on any atom is 0.379 e.